The lowest BCUT2D eigenvalue weighted by atomic mass is 10.0. The van der Waals surface area contributed by atoms with Crippen molar-refractivity contribution in [2.45, 2.75) is 13.0 Å². The molecule has 0 spiro atoms. The highest BCUT2D eigenvalue weighted by Gasteiger charge is 2.20. The highest BCUT2D eigenvalue weighted by Crippen LogP contribution is 2.38. The second-order valence-corrected chi connectivity index (χ2v) is 4.68. The molecule has 0 bridgehead atoms. The second-order valence-electron chi connectivity index (χ2n) is 4.28. The Kier molecular flexibility index (Phi) is 3.89. The number of phenolic OH excluding ortho intramolecular Hbond substituents is 2. The van der Waals surface area contributed by atoms with Gasteiger partial charge in [0, 0.05) is 42.4 Å². The number of rotatable bonds is 1. The van der Waals surface area contributed by atoms with Gasteiger partial charge in [0.15, 0.2) is 0 Å². The molecule has 0 atom stereocenters. The van der Waals surface area contributed by atoms with Crippen LogP contribution in [0.4, 0.5) is 0 Å². The Hall–Kier alpha value is -1.43. The molecule has 19 heavy (non-hydrogen) atoms. The van der Waals surface area contributed by atoms with E-state index in [-0.39, 0.29) is 28.9 Å². The number of halogens is 2. The van der Waals surface area contributed by atoms with Gasteiger partial charge in [0.2, 0.25) is 0 Å². The molecule has 1 aliphatic rings. The highest BCUT2D eigenvalue weighted by atomic mass is 35.5. The molecule has 2 aromatic rings. The Balaban J connectivity index is 0.00000133. The lowest BCUT2D eigenvalue weighted by Crippen LogP contribution is -2.23. The Bertz CT molecular complexity index is 613. The van der Waals surface area contributed by atoms with Crippen molar-refractivity contribution in [1.82, 2.24) is 15.5 Å². The summed E-state index contributed by atoms with van der Waals surface area (Å²) < 4.78 is 0. The van der Waals surface area contributed by atoms with Crippen LogP contribution in [-0.4, -0.2) is 27.0 Å². The third-order valence-corrected chi connectivity index (χ3v) is 3.43. The number of nitrogens with zero attached hydrogens (tertiary/aromatic N) is 1. The predicted molar refractivity (Wildman–Crippen MR) is 75.0 cm³/mol. The summed E-state index contributed by atoms with van der Waals surface area (Å²) >= 11 is 5.87. The number of aromatic hydroxyl groups is 2. The highest BCUT2D eigenvalue weighted by molar-refractivity contribution is 6.32. The lowest BCUT2D eigenvalue weighted by Gasteiger charge is -2.13. The van der Waals surface area contributed by atoms with Gasteiger partial charge in [-0.15, -0.1) is 12.4 Å². The van der Waals surface area contributed by atoms with Gasteiger partial charge in [0.1, 0.15) is 17.2 Å². The number of phenols is 2. The molecule has 0 unspecified atom stereocenters. The molecule has 2 heterocycles. The fourth-order valence-electron chi connectivity index (χ4n) is 2.19. The monoisotopic (exact) mass is 301 g/mol. The van der Waals surface area contributed by atoms with Crippen LogP contribution in [0.1, 0.15) is 11.3 Å². The molecule has 102 valence electrons. The Morgan fingerprint density at radius 3 is 2.79 bits per heavy atom. The molecule has 1 aromatic carbocycles. The van der Waals surface area contributed by atoms with E-state index in [1.54, 1.807) is 0 Å². The quantitative estimate of drug-likeness (QED) is 0.651. The molecule has 0 saturated carbocycles. The maximum absolute atomic E-state index is 9.90. The zero-order valence-electron chi connectivity index (χ0n) is 9.90. The molecular formula is C12H13Cl2N3O2. The van der Waals surface area contributed by atoms with Gasteiger partial charge in [-0.25, -0.2) is 0 Å². The number of nitrogens with one attached hydrogen (secondary N) is 2. The fraction of sp³-hybridized carbons (Fsp3) is 0.250. The molecule has 3 rings (SSSR count). The molecule has 0 aliphatic carbocycles. The van der Waals surface area contributed by atoms with Crippen molar-refractivity contribution in [3.63, 3.8) is 0 Å². The predicted octanol–water partition coefficient (Wildman–Crippen LogP) is 2.21. The molecule has 1 aromatic heterocycles. The number of hydrogen-bond acceptors (Lipinski definition) is 4. The van der Waals surface area contributed by atoms with Gasteiger partial charge in [-0.05, 0) is 6.07 Å². The molecule has 0 radical (unpaired) electrons. The Morgan fingerprint density at radius 2 is 2.00 bits per heavy atom. The maximum Gasteiger partial charge on any atom is 0.137 e. The first-order valence-corrected chi connectivity index (χ1v) is 6.03. The fourth-order valence-corrected chi connectivity index (χ4v) is 2.35. The van der Waals surface area contributed by atoms with Crippen LogP contribution >= 0.6 is 24.0 Å². The number of aromatic nitrogens is 2. The molecule has 1 aliphatic heterocycles. The summed E-state index contributed by atoms with van der Waals surface area (Å²) in [4.78, 5) is 0. The lowest BCUT2D eigenvalue weighted by molar-refractivity contribution is 0.452. The zero-order valence-corrected chi connectivity index (χ0v) is 11.5. The second kappa shape index (κ2) is 5.28. The van der Waals surface area contributed by atoms with Crippen molar-refractivity contribution in [2.24, 2.45) is 0 Å². The number of hydrogen-bond donors (Lipinski definition) is 4. The van der Waals surface area contributed by atoms with Crippen molar-refractivity contribution >= 4 is 24.0 Å². The topological polar surface area (TPSA) is 81.2 Å². The first kappa shape index (κ1) is 14.0. The van der Waals surface area contributed by atoms with Crippen LogP contribution in [0.3, 0.4) is 0 Å². The summed E-state index contributed by atoms with van der Waals surface area (Å²) in [6.07, 6.45) is 0.884. The average molecular weight is 302 g/mol. The first-order valence-electron chi connectivity index (χ1n) is 5.65. The molecule has 0 saturated heterocycles. The van der Waals surface area contributed by atoms with Crippen molar-refractivity contribution in [3.8, 4) is 22.8 Å². The van der Waals surface area contributed by atoms with E-state index >= 15 is 0 Å². The molecule has 7 heteroatoms. The molecule has 0 fully saturated rings. The average Bonchev–Trinajstić information content (AvgIpc) is 2.78. The summed E-state index contributed by atoms with van der Waals surface area (Å²) in [6, 6.07) is 2.76. The van der Waals surface area contributed by atoms with Crippen LogP contribution < -0.4 is 5.32 Å². The van der Waals surface area contributed by atoms with Gasteiger partial charge in [0.25, 0.3) is 0 Å². The van der Waals surface area contributed by atoms with Crippen molar-refractivity contribution in [2.75, 3.05) is 6.54 Å². The van der Waals surface area contributed by atoms with Crippen LogP contribution in [0.5, 0.6) is 11.5 Å². The van der Waals surface area contributed by atoms with E-state index in [2.05, 4.69) is 15.5 Å². The summed E-state index contributed by atoms with van der Waals surface area (Å²) in [5.41, 5.74) is 3.32. The Labute approximate surface area is 121 Å². The third kappa shape index (κ3) is 2.36. The standard InChI is InChI=1S/C12H12ClN3O2.ClH/c13-8-3-6(10(17)4-11(8)18)12-7-5-14-2-1-9(7)15-16-12;/h3-4,14,17-18H,1-2,5H2,(H,15,16);1H. The Morgan fingerprint density at radius 1 is 1.21 bits per heavy atom. The van der Waals surface area contributed by atoms with E-state index in [0.717, 1.165) is 24.2 Å². The molecular weight excluding hydrogens is 289 g/mol. The number of aromatic amines is 1. The van der Waals surface area contributed by atoms with Crippen LogP contribution in [0.2, 0.25) is 5.02 Å². The minimum atomic E-state index is -0.138. The molecule has 4 N–H and O–H groups in total. The SMILES string of the molecule is Cl.Oc1cc(O)c(-c2n[nH]c3c2CNCC3)cc1Cl. The van der Waals surface area contributed by atoms with Crippen molar-refractivity contribution in [1.29, 1.82) is 0 Å². The van der Waals surface area contributed by atoms with E-state index in [0.29, 0.717) is 17.8 Å². The zero-order chi connectivity index (χ0) is 12.7. The largest absolute Gasteiger partial charge is 0.507 e. The summed E-state index contributed by atoms with van der Waals surface area (Å²) in [5.74, 6) is -0.169. The van der Waals surface area contributed by atoms with Gasteiger partial charge in [-0.2, -0.15) is 5.10 Å². The first-order chi connectivity index (χ1) is 8.66. The van der Waals surface area contributed by atoms with Crippen LogP contribution in [-0.2, 0) is 13.0 Å². The van der Waals surface area contributed by atoms with Gasteiger partial charge >= 0.3 is 0 Å². The normalized spacial score (nSPS) is 13.7. The minimum Gasteiger partial charge on any atom is -0.507 e. The van der Waals surface area contributed by atoms with E-state index in [1.807, 2.05) is 0 Å². The van der Waals surface area contributed by atoms with E-state index < -0.39 is 0 Å². The molecule has 0 amide bonds. The van der Waals surface area contributed by atoms with Crippen molar-refractivity contribution < 1.29 is 10.2 Å². The summed E-state index contributed by atoms with van der Waals surface area (Å²) in [5, 5.41) is 30.0. The summed E-state index contributed by atoms with van der Waals surface area (Å²) in [7, 11) is 0. The van der Waals surface area contributed by atoms with Crippen LogP contribution in [0, 0.1) is 0 Å². The number of fused-ring (bicyclic) bond motifs is 1. The van der Waals surface area contributed by atoms with Gasteiger partial charge in [-0.1, -0.05) is 11.6 Å². The number of benzene rings is 1. The van der Waals surface area contributed by atoms with Crippen molar-refractivity contribution in [3.05, 3.63) is 28.4 Å². The van der Waals surface area contributed by atoms with Crippen LogP contribution in [0.15, 0.2) is 12.1 Å². The summed E-state index contributed by atoms with van der Waals surface area (Å²) in [6.45, 7) is 1.62. The minimum absolute atomic E-state index is 0. The van der Waals surface area contributed by atoms with Gasteiger partial charge in [-0.3, -0.25) is 5.10 Å². The van der Waals surface area contributed by atoms with Gasteiger partial charge < -0.3 is 15.5 Å². The molecule has 5 nitrogen and oxygen atoms in total. The smallest absolute Gasteiger partial charge is 0.137 e. The third-order valence-electron chi connectivity index (χ3n) is 3.13. The van der Waals surface area contributed by atoms with E-state index in [4.69, 9.17) is 11.6 Å². The van der Waals surface area contributed by atoms with Gasteiger partial charge in [0.05, 0.1) is 5.02 Å². The maximum atomic E-state index is 9.90. The van der Waals surface area contributed by atoms with E-state index in [1.165, 1.54) is 12.1 Å². The number of H-pyrrole nitrogens is 1. The van der Waals surface area contributed by atoms with E-state index in [9.17, 15) is 10.2 Å². The van der Waals surface area contributed by atoms with Crippen LogP contribution in [0.25, 0.3) is 11.3 Å².